The van der Waals surface area contributed by atoms with Crippen LogP contribution >= 0.6 is 0 Å². The van der Waals surface area contributed by atoms with Gasteiger partial charge in [0.15, 0.2) is 0 Å². The van der Waals surface area contributed by atoms with Crippen LogP contribution in [0.3, 0.4) is 0 Å². The van der Waals surface area contributed by atoms with Crippen LogP contribution in [0.25, 0.3) is 0 Å². The van der Waals surface area contributed by atoms with Gasteiger partial charge in [-0.2, -0.15) is 0 Å². The monoisotopic (exact) mass is 235 g/mol. The van der Waals surface area contributed by atoms with E-state index in [9.17, 15) is 4.79 Å². The molecule has 0 aliphatic carbocycles. The van der Waals surface area contributed by atoms with Crippen molar-refractivity contribution in [3.05, 3.63) is 34.9 Å². The van der Waals surface area contributed by atoms with Crippen LogP contribution in [0.2, 0.25) is 0 Å². The summed E-state index contributed by atoms with van der Waals surface area (Å²) < 4.78 is 0. The highest BCUT2D eigenvalue weighted by Gasteiger charge is 2.07. The average molecular weight is 235 g/mol. The van der Waals surface area contributed by atoms with Gasteiger partial charge in [-0.1, -0.05) is 30.7 Å². The molecule has 17 heavy (non-hydrogen) atoms. The predicted octanol–water partition coefficient (Wildman–Crippen LogP) is 2.50. The van der Waals surface area contributed by atoms with E-state index in [1.165, 1.54) is 16.7 Å². The fourth-order valence-electron chi connectivity index (χ4n) is 1.81. The van der Waals surface area contributed by atoms with Gasteiger partial charge in [-0.3, -0.25) is 4.79 Å². The molecular weight excluding hydrogens is 214 g/mol. The van der Waals surface area contributed by atoms with Gasteiger partial charge in [-0.15, -0.1) is 0 Å². The zero-order valence-corrected chi connectivity index (χ0v) is 10.8. The van der Waals surface area contributed by atoms with Crippen molar-refractivity contribution in [1.82, 2.24) is 5.32 Å². The van der Waals surface area contributed by atoms with Crippen LogP contribution in [0.1, 0.15) is 30.0 Å². The largest absolute Gasteiger partial charge is 0.481 e. The third kappa shape index (κ3) is 5.00. The molecule has 1 aromatic carbocycles. The minimum Gasteiger partial charge on any atom is -0.481 e. The molecule has 0 amide bonds. The maximum Gasteiger partial charge on any atom is 0.303 e. The lowest BCUT2D eigenvalue weighted by atomic mass is 10.0. The highest BCUT2D eigenvalue weighted by atomic mass is 16.4. The van der Waals surface area contributed by atoms with Crippen LogP contribution in [-0.4, -0.2) is 17.6 Å². The van der Waals surface area contributed by atoms with Crippen LogP contribution < -0.4 is 5.32 Å². The summed E-state index contributed by atoms with van der Waals surface area (Å²) in [6, 6.07) is 6.39. The third-order valence-corrected chi connectivity index (χ3v) is 2.84. The summed E-state index contributed by atoms with van der Waals surface area (Å²) in [5.41, 5.74) is 3.81. The number of carboxylic acids is 1. The number of rotatable bonds is 6. The molecule has 0 aliphatic heterocycles. The van der Waals surface area contributed by atoms with Crippen molar-refractivity contribution >= 4 is 5.97 Å². The van der Waals surface area contributed by atoms with Gasteiger partial charge < -0.3 is 10.4 Å². The van der Waals surface area contributed by atoms with E-state index in [1.807, 2.05) is 6.92 Å². The molecule has 1 aromatic rings. The highest BCUT2D eigenvalue weighted by molar-refractivity contribution is 5.66. The Morgan fingerprint density at radius 2 is 2.12 bits per heavy atom. The number of benzene rings is 1. The molecule has 0 spiro atoms. The number of aryl methyl sites for hydroxylation is 2. The van der Waals surface area contributed by atoms with Gasteiger partial charge in [-0.05, 0) is 37.4 Å². The Morgan fingerprint density at radius 1 is 1.41 bits per heavy atom. The lowest BCUT2D eigenvalue weighted by Gasteiger charge is -2.12. The molecule has 0 bridgehead atoms. The van der Waals surface area contributed by atoms with E-state index in [2.05, 4.69) is 37.4 Å². The Balaban J connectivity index is 2.40. The van der Waals surface area contributed by atoms with Crippen molar-refractivity contribution in [3.63, 3.8) is 0 Å². The van der Waals surface area contributed by atoms with E-state index in [4.69, 9.17) is 5.11 Å². The van der Waals surface area contributed by atoms with Crippen molar-refractivity contribution in [2.75, 3.05) is 6.54 Å². The second-order valence-electron chi connectivity index (χ2n) is 4.76. The molecule has 1 rings (SSSR count). The molecule has 0 fully saturated rings. The van der Waals surface area contributed by atoms with Gasteiger partial charge in [0.2, 0.25) is 0 Å². The molecular formula is C14H21NO2. The molecule has 0 saturated heterocycles. The van der Waals surface area contributed by atoms with E-state index < -0.39 is 5.97 Å². The van der Waals surface area contributed by atoms with Gasteiger partial charge in [0.05, 0.1) is 0 Å². The Hall–Kier alpha value is -1.35. The smallest absolute Gasteiger partial charge is 0.303 e. The summed E-state index contributed by atoms with van der Waals surface area (Å²) in [5.74, 6) is -0.566. The minimum absolute atomic E-state index is 0.164. The fourth-order valence-corrected chi connectivity index (χ4v) is 1.81. The van der Waals surface area contributed by atoms with Gasteiger partial charge >= 0.3 is 5.97 Å². The topological polar surface area (TPSA) is 49.3 Å². The number of hydrogen-bond donors (Lipinski definition) is 2. The van der Waals surface area contributed by atoms with E-state index in [0.29, 0.717) is 0 Å². The van der Waals surface area contributed by atoms with Gasteiger partial charge in [0.25, 0.3) is 0 Å². The average Bonchev–Trinajstić information content (AvgIpc) is 2.22. The Labute approximate surface area is 103 Å². The van der Waals surface area contributed by atoms with Crippen molar-refractivity contribution in [1.29, 1.82) is 0 Å². The number of nitrogens with one attached hydrogen (secondary N) is 1. The van der Waals surface area contributed by atoms with E-state index in [1.54, 1.807) is 0 Å². The van der Waals surface area contributed by atoms with Crippen LogP contribution in [-0.2, 0) is 11.3 Å². The summed E-state index contributed by atoms with van der Waals surface area (Å²) in [6.07, 6.45) is 0.222. The van der Waals surface area contributed by atoms with E-state index in [0.717, 1.165) is 13.1 Å². The molecule has 3 heteroatoms. The molecule has 2 N–H and O–H groups in total. The summed E-state index contributed by atoms with van der Waals surface area (Å²) >= 11 is 0. The van der Waals surface area contributed by atoms with E-state index in [-0.39, 0.29) is 12.3 Å². The van der Waals surface area contributed by atoms with Crippen LogP contribution in [0.4, 0.5) is 0 Å². The first kappa shape index (κ1) is 13.7. The van der Waals surface area contributed by atoms with Crippen molar-refractivity contribution in [2.24, 2.45) is 5.92 Å². The lowest BCUT2D eigenvalue weighted by molar-refractivity contribution is -0.137. The van der Waals surface area contributed by atoms with Crippen molar-refractivity contribution in [3.8, 4) is 0 Å². The molecule has 0 aliphatic rings. The minimum atomic E-state index is -0.731. The molecule has 0 aromatic heterocycles. The number of aliphatic carboxylic acids is 1. The van der Waals surface area contributed by atoms with Gasteiger partial charge in [0, 0.05) is 13.0 Å². The van der Waals surface area contributed by atoms with Crippen molar-refractivity contribution in [2.45, 2.75) is 33.7 Å². The Morgan fingerprint density at radius 3 is 2.76 bits per heavy atom. The number of carboxylic acid groups (broad SMARTS) is 1. The Bertz CT molecular complexity index is 388. The standard InChI is InChI=1S/C14H21NO2/c1-10-4-5-12(3)13(6-10)9-15-8-11(2)7-14(16)17/h4-6,11,15H,7-9H2,1-3H3,(H,16,17). The first-order valence-corrected chi connectivity index (χ1v) is 5.97. The maximum absolute atomic E-state index is 10.5. The normalized spacial score (nSPS) is 12.4. The van der Waals surface area contributed by atoms with E-state index >= 15 is 0 Å². The SMILES string of the molecule is Cc1ccc(C)c(CNCC(C)CC(=O)O)c1. The fraction of sp³-hybridized carbons (Fsp3) is 0.500. The van der Waals surface area contributed by atoms with Crippen LogP contribution in [0.5, 0.6) is 0 Å². The second-order valence-corrected chi connectivity index (χ2v) is 4.76. The summed E-state index contributed by atoms with van der Waals surface area (Å²) in [4.78, 5) is 10.5. The lowest BCUT2D eigenvalue weighted by Crippen LogP contribution is -2.22. The molecule has 0 heterocycles. The first-order chi connectivity index (χ1) is 7.99. The number of hydrogen-bond acceptors (Lipinski definition) is 2. The quantitative estimate of drug-likeness (QED) is 0.796. The Kier molecular flexibility index (Phi) is 5.16. The summed E-state index contributed by atoms with van der Waals surface area (Å²) in [5, 5.41) is 12.0. The number of carbonyl (C=O) groups is 1. The summed E-state index contributed by atoms with van der Waals surface area (Å²) in [7, 11) is 0. The molecule has 1 atom stereocenters. The zero-order valence-electron chi connectivity index (χ0n) is 10.8. The second kappa shape index (κ2) is 6.40. The maximum atomic E-state index is 10.5. The first-order valence-electron chi connectivity index (χ1n) is 5.97. The van der Waals surface area contributed by atoms with Crippen LogP contribution in [0, 0.1) is 19.8 Å². The van der Waals surface area contributed by atoms with Crippen molar-refractivity contribution < 1.29 is 9.90 Å². The highest BCUT2D eigenvalue weighted by Crippen LogP contribution is 2.10. The molecule has 3 nitrogen and oxygen atoms in total. The van der Waals surface area contributed by atoms with Gasteiger partial charge in [0.1, 0.15) is 0 Å². The van der Waals surface area contributed by atoms with Crippen LogP contribution in [0.15, 0.2) is 18.2 Å². The summed E-state index contributed by atoms with van der Waals surface area (Å²) in [6.45, 7) is 7.66. The predicted molar refractivity (Wildman–Crippen MR) is 69.0 cm³/mol. The third-order valence-electron chi connectivity index (χ3n) is 2.84. The zero-order chi connectivity index (χ0) is 12.8. The molecule has 0 radical (unpaired) electrons. The molecule has 0 saturated carbocycles. The molecule has 94 valence electrons. The van der Waals surface area contributed by atoms with Gasteiger partial charge in [-0.25, -0.2) is 0 Å². The molecule has 1 unspecified atom stereocenters.